The molecule has 1 amide bonds. The van der Waals surface area contributed by atoms with Gasteiger partial charge in [0.15, 0.2) is 0 Å². The number of ether oxygens (including phenoxy) is 1. The molecule has 5 nitrogen and oxygen atoms in total. The van der Waals surface area contributed by atoms with E-state index in [9.17, 15) is 9.18 Å². The third-order valence-corrected chi connectivity index (χ3v) is 4.55. The zero-order chi connectivity index (χ0) is 17.9. The van der Waals surface area contributed by atoms with Crippen molar-refractivity contribution >= 4 is 16.9 Å². The molecular weight excluding hydrogens is 333 g/mol. The minimum Gasteiger partial charge on any atom is -0.473 e. The molecule has 4 rings (SSSR count). The summed E-state index contributed by atoms with van der Waals surface area (Å²) in [5.41, 5.74) is 1.73. The average molecular weight is 351 g/mol. The molecule has 0 saturated carbocycles. The molecule has 0 spiro atoms. The monoisotopic (exact) mass is 351 g/mol. The topological polar surface area (TPSA) is 55.3 Å². The molecule has 0 atom stereocenters. The van der Waals surface area contributed by atoms with Crippen LogP contribution in [0.2, 0.25) is 0 Å². The van der Waals surface area contributed by atoms with Crippen LogP contribution in [-0.4, -0.2) is 40.0 Å². The van der Waals surface area contributed by atoms with Crippen LogP contribution in [0.25, 0.3) is 11.0 Å². The number of benzene rings is 2. The fraction of sp³-hybridized carbons (Fsp3) is 0.250. The van der Waals surface area contributed by atoms with Crippen molar-refractivity contribution in [3.63, 3.8) is 0 Å². The molecule has 3 aromatic rings. The predicted molar refractivity (Wildman–Crippen MR) is 95.5 cm³/mol. The highest BCUT2D eigenvalue weighted by molar-refractivity contribution is 5.94. The largest absolute Gasteiger partial charge is 0.473 e. The Morgan fingerprint density at radius 3 is 2.50 bits per heavy atom. The lowest BCUT2D eigenvalue weighted by molar-refractivity contribution is 0.0583. The molecule has 0 radical (unpaired) electrons. The standard InChI is InChI=1S/C20H18FN3O2/c21-16-6-2-1-5-15(16)20(25)24-11-9-14(10-12-24)26-19-13-22-17-7-3-4-8-18(17)23-19/h1-8,13-14H,9-12H2. The van der Waals surface area contributed by atoms with Gasteiger partial charge in [0.2, 0.25) is 5.88 Å². The van der Waals surface area contributed by atoms with E-state index >= 15 is 0 Å². The van der Waals surface area contributed by atoms with Gasteiger partial charge in [-0.1, -0.05) is 24.3 Å². The maximum Gasteiger partial charge on any atom is 0.256 e. The van der Waals surface area contributed by atoms with Crippen LogP contribution in [-0.2, 0) is 0 Å². The fourth-order valence-electron chi connectivity index (χ4n) is 3.15. The van der Waals surface area contributed by atoms with Crippen molar-refractivity contribution in [3.8, 4) is 5.88 Å². The highest BCUT2D eigenvalue weighted by Gasteiger charge is 2.26. The van der Waals surface area contributed by atoms with Gasteiger partial charge in [-0.2, -0.15) is 0 Å². The van der Waals surface area contributed by atoms with E-state index in [0.717, 1.165) is 11.0 Å². The van der Waals surface area contributed by atoms with Crippen LogP contribution >= 0.6 is 0 Å². The first-order valence-electron chi connectivity index (χ1n) is 8.63. The Morgan fingerprint density at radius 1 is 1.04 bits per heavy atom. The number of para-hydroxylation sites is 2. The van der Waals surface area contributed by atoms with Crippen molar-refractivity contribution in [2.75, 3.05) is 13.1 Å². The van der Waals surface area contributed by atoms with Gasteiger partial charge in [0.1, 0.15) is 11.9 Å². The van der Waals surface area contributed by atoms with Gasteiger partial charge in [-0.05, 0) is 24.3 Å². The number of carbonyl (C=O) groups is 1. The van der Waals surface area contributed by atoms with E-state index in [0.29, 0.717) is 31.8 Å². The summed E-state index contributed by atoms with van der Waals surface area (Å²) < 4.78 is 19.7. The van der Waals surface area contributed by atoms with Crippen LogP contribution in [0.4, 0.5) is 4.39 Å². The lowest BCUT2D eigenvalue weighted by Crippen LogP contribution is -2.42. The van der Waals surface area contributed by atoms with E-state index in [1.807, 2.05) is 24.3 Å². The summed E-state index contributed by atoms with van der Waals surface area (Å²) >= 11 is 0. The van der Waals surface area contributed by atoms with Gasteiger partial charge in [-0.3, -0.25) is 4.79 Å². The SMILES string of the molecule is O=C(c1ccccc1F)N1CCC(Oc2cnc3ccccc3n2)CC1. The number of likely N-dealkylation sites (tertiary alicyclic amines) is 1. The highest BCUT2D eigenvalue weighted by Crippen LogP contribution is 2.21. The number of aromatic nitrogens is 2. The molecule has 1 saturated heterocycles. The van der Waals surface area contributed by atoms with Crippen molar-refractivity contribution in [2.24, 2.45) is 0 Å². The van der Waals surface area contributed by atoms with E-state index in [4.69, 9.17) is 4.74 Å². The van der Waals surface area contributed by atoms with Gasteiger partial charge in [0.25, 0.3) is 5.91 Å². The van der Waals surface area contributed by atoms with Gasteiger partial charge in [-0.15, -0.1) is 0 Å². The number of hydrogen-bond donors (Lipinski definition) is 0. The Kier molecular flexibility index (Phi) is 4.48. The molecule has 2 heterocycles. The second-order valence-electron chi connectivity index (χ2n) is 6.29. The Morgan fingerprint density at radius 2 is 1.73 bits per heavy atom. The molecule has 132 valence electrons. The Labute approximate surface area is 150 Å². The van der Waals surface area contributed by atoms with E-state index < -0.39 is 5.82 Å². The summed E-state index contributed by atoms with van der Waals surface area (Å²) in [6.45, 7) is 1.05. The molecule has 1 fully saturated rings. The molecule has 1 aromatic heterocycles. The van der Waals surface area contributed by atoms with Crippen LogP contribution < -0.4 is 4.74 Å². The molecule has 0 N–H and O–H groups in total. The number of carbonyl (C=O) groups excluding carboxylic acids is 1. The van der Waals surface area contributed by atoms with Gasteiger partial charge in [0.05, 0.1) is 22.8 Å². The molecular formula is C20H18FN3O2. The Hall–Kier alpha value is -3.02. The van der Waals surface area contributed by atoms with Gasteiger partial charge < -0.3 is 9.64 Å². The van der Waals surface area contributed by atoms with Gasteiger partial charge in [-0.25, -0.2) is 14.4 Å². The minimum atomic E-state index is -0.484. The number of piperidine rings is 1. The molecule has 0 unspecified atom stereocenters. The second kappa shape index (κ2) is 7.07. The second-order valence-corrected chi connectivity index (χ2v) is 6.29. The number of rotatable bonds is 3. The first-order chi connectivity index (χ1) is 12.7. The quantitative estimate of drug-likeness (QED) is 0.725. The van der Waals surface area contributed by atoms with E-state index in [1.54, 1.807) is 23.2 Å². The van der Waals surface area contributed by atoms with Gasteiger partial charge in [0, 0.05) is 25.9 Å². The normalized spacial score (nSPS) is 15.2. The van der Waals surface area contributed by atoms with Crippen LogP contribution in [0.15, 0.2) is 54.7 Å². The average Bonchev–Trinajstić information content (AvgIpc) is 2.68. The van der Waals surface area contributed by atoms with Crippen molar-refractivity contribution in [2.45, 2.75) is 18.9 Å². The third kappa shape index (κ3) is 3.35. The summed E-state index contributed by atoms with van der Waals surface area (Å²) in [7, 11) is 0. The molecule has 2 aromatic carbocycles. The molecule has 6 heteroatoms. The zero-order valence-electron chi connectivity index (χ0n) is 14.1. The van der Waals surface area contributed by atoms with Crippen molar-refractivity contribution < 1.29 is 13.9 Å². The van der Waals surface area contributed by atoms with Crippen LogP contribution in [0, 0.1) is 5.82 Å². The minimum absolute atomic E-state index is 0.0323. The van der Waals surface area contributed by atoms with E-state index in [1.165, 1.54) is 12.1 Å². The number of nitrogens with zero attached hydrogens (tertiary/aromatic N) is 3. The Balaban J connectivity index is 1.38. The van der Waals surface area contributed by atoms with Gasteiger partial charge >= 0.3 is 0 Å². The van der Waals surface area contributed by atoms with E-state index in [2.05, 4.69) is 9.97 Å². The summed E-state index contributed by atoms with van der Waals surface area (Å²) in [6, 6.07) is 13.7. The fourth-order valence-corrected chi connectivity index (χ4v) is 3.15. The van der Waals surface area contributed by atoms with Crippen molar-refractivity contribution in [1.29, 1.82) is 0 Å². The van der Waals surface area contributed by atoms with Crippen LogP contribution in [0.5, 0.6) is 5.88 Å². The molecule has 0 aliphatic carbocycles. The van der Waals surface area contributed by atoms with Crippen LogP contribution in [0.1, 0.15) is 23.2 Å². The summed E-state index contributed by atoms with van der Waals surface area (Å²) in [4.78, 5) is 22.9. The lowest BCUT2D eigenvalue weighted by Gasteiger charge is -2.32. The first kappa shape index (κ1) is 16.4. The number of hydrogen-bond acceptors (Lipinski definition) is 4. The molecule has 0 bridgehead atoms. The first-order valence-corrected chi connectivity index (χ1v) is 8.63. The van der Waals surface area contributed by atoms with Crippen LogP contribution in [0.3, 0.4) is 0 Å². The summed E-state index contributed by atoms with van der Waals surface area (Å²) in [5.74, 6) is -0.267. The zero-order valence-corrected chi connectivity index (χ0v) is 14.1. The number of amides is 1. The summed E-state index contributed by atoms with van der Waals surface area (Å²) in [5, 5.41) is 0. The predicted octanol–water partition coefficient (Wildman–Crippen LogP) is 3.45. The van der Waals surface area contributed by atoms with E-state index in [-0.39, 0.29) is 17.6 Å². The highest BCUT2D eigenvalue weighted by atomic mass is 19.1. The lowest BCUT2D eigenvalue weighted by atomic mass is 10.1. The maximum absolute atomic E-state index is 13.8. The molecule has 1 aliphatic heterocycles. The molecule has 26 heavy (non-hydrogen) atoms. The number of fused-ring (bicyclic) bond motifs is 1. The summed E-state index contributed by atoms with van der Waals surface area (Å²) in [6.07, 6.45) is 2.94. The van der Waals surface area contributed by atoms with Crippen molar-refractivity contribution in [1.82, 2.24) is 14.9 Å². The Bertz CT molecular complexity index is 939. The maximum atomic E-state index is 13.8. The third-order valence-electron chi connectivity index (χ3n) is 4.55. The molecule has 1 aliphatic rings. The van der Waals surface area contributed by atoms with Crippen molar-refractivity contribution in [3.05, 3.63) is 66.1 Å². The number of halogens is 1. The smallest absolute Gasteiger partial charge is 0.256 e.